The number of halogens is 5. The number of hydrogen-bond donors (Lipinski definition) is 0. The molecule has 0 rings (SSSR count). The van der Waals surface area contributed by atoms with E-state index in [2.05, 4.69) is 0 Å². The van der Waals surface area contributed by atoms with Crippen LogP contribution in [0.4, 0.5) is 0 Å². The van der Waals surface area contributed by atoms with Crippen LogP contribution in [-0.4, -0.2) is 0 Å². The minimum Gasteiger partial charge on any atom is -1.00 e. The van der Waals surface area contributed by atoms with Gasteiger partial charge in [0.2, 0.25) is 0 Å². The summed E-state index contributed by atoms with van der Waals surface area (Å²) in [4.78, 5) is 0. The summed E-state index contributed by atoms with van der Waals surface area (Å²) < 4.78 is 0. The third-order valence-electron chi connectivity index (χ3n) is 0. The van der Waals surface area contributed by atoms with E-state index in [1.807, 2.05) is 0 Å². The van der Waals surface area contributed by atoms with Crippen LogP contribution in [0.3, 0.4) is 0 Å². The van der Waals surface area contributed by atoms with E-state index >= 15 is 0 Å². The molecule has 0 heterocycles. The van der Waals surface area contributed by atoms with Gasteiger partial charge in [-0.3, -0.25) is 0 Å². The van der Waals surface area contributed by atoms with Crippen molar-refractivity contribution in [3.63, 3.8) is 0 Å². The van der Waals surface area contributed by atoms with Gasteiger partial charge in [0.05, 0.1) is 0 Å². The van der Waals surface area contributed by atoms with Crippen LogP contribution in [0.2, 0.25) is 0 Å². The van der Waals surface area contributed by atoms with Crippen LogP contribution in [0.5, 0.6) is 0 Å². The summed E-state index contributed by atoms with van der Waals surface area (Å²) in [5.74, 6) is 0. The summed E-state index contributed by atoms with van der Waals surface area (Å²) >= 11 is 0. The Hall–Kier alpha value is 2.73. The van der Waals surface area contributed by atoms with Gasteiger partial charge < -0.3 is 92.8 Å². The molecular weight excluding hydrogens is 433 g/mol. The van der Waals surface area contributed by atoms with Crippen molar-refractivity contribution >= 4 is 0 Å². The van der Waals surface area contributed by atoms with Crippen LogP contribution < -0.4 is 62.0 Å². The first-order chi connectivity index (χ1) is 0. The van der Waals surface area contributed by atoms with Crippen molar-refractivity contribution < 1.29 is 107 Å². The molecule has 0 saturated heterocycles. The van der Waals surface area contributed by atoms with Gasteiger partial charge in [0.15, 0.2) is 0 Å². The monoisotopic (exact) mass is 441 g/mol. The molecule has 0 aliphatic carbocycles. The van der Waals surface area contributed by atoms with E-state index in [1.54, 1.807) is 0 Å². The van der Waals surface area contributed by atoms with Crippen molar-refractivity contribution in [2.45, 2.75) is 0 Å². The zero-order valence-corrected chi connectivity index (χ0v) is 13.8. The summed E-state index contributed by atoms with van der Waals surface area (Å²) in [6.45, 7) is 0. The maximum absolute atomic E-state index is 0. The summed E-state index contributed by atoms with van der Waals surface area (Å²) in [5.41, 5.74) is 0. The molecular formula is H10Cl5N5Nb2. The van der Waals surface area contributed by atoms with Crippen LogP contribution in [0, 0.1) is 0 Å². The topological polar surface area (TPSA) is 168 Å². The molecule has 0 fully saturated rings. The molecule has 0 aliphatic heterocycles. The van der Waals surface area contributed by atoms with Crippen molar-refractivity contribution in [2.75, 3.05) is 0 Å². The second-order valence-electron chi connectivity index (χ2n) is 0. The molecule has 0 aromatic carbocycles. The van der Waals surface area contributed by atoms with Gasteiger partial charge >= 0.3 is 44.8 Å². The zero-order valence-electron chi connectivity index (χ0n) is 5.67. The minimum atomic E-state index is 0. The van der Waals surface area contributed by atoms with E-state index in [1.165, 1.54) is 0 Å². The molecule has 12 heavy (non-hydrogen) atoms. The fraction of sp³-hybridized carbons (Fsp3) is 0. The summed E-state index contributed by atoms with van der Waals surface area (Å²) in [7, 11) is 0. The van der Waals surface area contributed by atoms with Crippen molar-refractivity contribution in [1.82, 2.24) is 0 Å². The normalized spacial score (nSPS) is 0. The van der Waals surface area contributed by atoms with E-state index in [4.69, 9.17) is 0 Å². The third kappa shape index (κ3) is 235. The van der Waals surface area contributed by atoms with Gasteiger partial charge in [-0.2, -0.15) is 0 Å². The zero-order chi connectivity index (χ0) is 0. The average molecular weight is 443 g/mol. The van der Waals surface area contributed by atoms with Gasteiger partial charge in [-0.1, -0.05) is 0 Å². The number of rotatable bonds is 0. The Kier molecular flexibility index (Phi) is 9260. The molecule has 0 bridgehead atoms. The molecule has 0 aliphatic rings. The Labute approximate surface area is 136 Å². The molecule has 5 nitrogen and oxygen atoms in total. The standard InChI is InChI=1S/5ClH.5H2N.2Nb/h5*1H;5*1H2;;/q;;;;;5*-1;2*+5/p-5. The Morgan fingerprint density at radius 2 is 0.250 bits per heavy atom. The Morgan fingerprint density at radius 3 is 0.250 bits per heavy atom. The first kappa shape index (κ1) is 372. The van der Waals surface area contributed by atoms with Crippen molar-refractivity contribution in [3.05, 3.63) is 30.8 Å². The van der Waals surface area contributed by atoms with Gasteiger partial charge in [-0.15, -0.1) is 0 Å². The third-order valence-corrected chi connectivity index (χ3v) is 0. The van der Waals surface area contributed by atoms with E-state index in [0.29, 0.717) is 0 Å². The molecule has 0 radical (unpaired) electrons. The molecule has 0 amide bonds. The Balaban J connectivity index is 0. The predicted octanol–water partition coefficient (Wildman–Crippen LogP) is -11.4. The molecule has 12 heteroatoms. The van der Waals surface area contributed by atoms with Crippen LogP contribution in [0.1, 0.15) is 0 Å². The summed E-state index contributed by atoms with van der Waals surface area (Å²) in [6, 6.07) is 0. The van der Waals surface area contributed by atoms with Crippen LogP contribution in [0.15, 0.2) is 0 Å². The average Bonchev–Trinajstić information content (AvgIpc) is 0. The van der Waals surface area contributed by atoms with Gasteiger partial charge in [-0.05, 0) is 0 Å². The quantitative estimate of drug-likeness (QED) is 0.325. The molecule has 0 aromatic rings. The summed E-state index contributed by atoms with van der Waals surface area (Å²) in [6.07, 6.45) is 0. The van der Waals surface area contributed by atoms with Crippen LogP contribution in [-0.2, 0) is 44.8 Å². The Morgan fingerprint density at radius 1 is 0.250 bits per heavy atom. The second-order valence-corrected chi connectivity index (χ2v) is 0. The molecule has 0 atom stereocenters. The van der Waals surface area contributed by atoms with E-state index in [-0.39, 0.29) is 138 Å². The predicted molar refractivity (Wildman–Crippen MR) is 26.4 cm³/mol. The molecule has 0 spiro atoms. The fourth-order valence-electron chi connectivity index (χ4n) is 0. The largest absolute Gasteiger partial charge is 5.00 e. The second kappa shape index (κ2) is 298. The smallest absolute Gasteiger partial charge is 1.00 e. The van der Waals surface area contributed by atoms with Gasteiger partial charge in [0.1, 0.15) is 0 Å². The number of hydrogen-bond acceptors (Lipinski definition) is 0. The van der Waals surface area contributed by atoms with E-state index in [9.17, 15) is 0 Å². The van der Waals surface area contributed by atoms with E-state index in [0.717, 1.165) is 0 Å². The molecule has 10 N–H and O–H groups in total. The van der Waals surface area contributed by atoms with Crippen LogP contribution >= 0.6 is 0 Å². The van der Waals surface area contributed by atoms with Gasteiger partial charge in [0, 0.05) is 0 Å². The van der Waals surface area contributed by atoms with Gasteiger partial charge in [-0.25, -0.2) is 0 Å². The first-order valence-electron chi connectivity index (χ1n) is 0. The SMILES string of the molecule is [Cl-].[Cl-].[Cl-].[Cl-].[Cl-].[NH2-].[NH2-].[NH2-].[NH2-].[NH2-].[Nb+5].[Nb+5]. The molecule has 0 unspecified atom stereocenters. The minimum absolute atomic E-state index is 0. The fourth-order valence-corrected chi connectivity index (χ4v) is 0. The van der Waals surface area contributed by atoms with Crippen LogP contribution in [0.25, 0.3) is 30.8 Å². The van der Waals surface area contributed by atoms with E-state index < -0.39 is 0 Å². The molecule has 0 saturated carbocycles. The first-order valence-corrected chi connectivity index (χ1v) is 0. The maximum atomic E-state index is 0. The summed E-state index contributed by atoms with van der Waals surface area (Å²) in [5, 5.41) is 0. The molecule has 80 valence electrons. The Bertz CT molecular complexity index is 17.8. The maximum Gasteiger partial charge on any atom is 5.00 e. The van der Waals surface area contributed by atoms with Crippen molar-refractivity contribution in [2.24, 2.45) is 0 Å². The molecule has 0 aromatic heterocycles. The van der Waals surface area contributed by atoms with Gasteiger partial charge in [0.25, 0.3) is 0 Å². The van der Waals surface area contributed by atoms with Crippen molar-refractivity contribution in [1.29, 1.82) is 0 Å². The van der Waals surface area contributed by atoms with Crippen molar-refractivity contribution in [3.8, 4) is 0 Å². The number of nitrogens with two attached hydrogens (primary N) is 5.